The number of aromatic nitrogens is 4. The Bertz CT molecular complexity index is 1630. The molecule has 0 saturated heterocycles. The second-order valence-electron chi connectivity index (χ2n) is 7.40. The number of rotatable bonds is 3. The molecule has 32 heavy (non-hydrogen) atoms. The number of hydrogen-bond donors (Lipinski definition) is 2. The highest BCUT2D eigenvalue weighted by molar-refractivity contribution is 6.04. The van der Waals surface area contributed by atoms with Gasteiger partial charge in [-0.1, -0.05) is 30.3 Å². The Hall–Kier alpha value is -4.35. The molecule has 0 aliphatic carbocycles. The highest BCUT2D eigenvalue weighted by Crippen LogP contribution is 2.42. The minimum absolute atomic E-state index is 0.175. The summed E-state index contributed by atoms with van der Waals surface area (Å²) in [4.78, 5) is 15.9. The second-order valence-corrected chi connectivity index (χ2v) is 7.40. The Labute approximate surface area is 181 Å². The molecule has 0 fully saturated rings. The SMILES string of the molecule is [C-]#[N+]c1c(-c2c(-c3ccc4c(=O)[nH]nc(CN)c4c3)cnn2C)ccc2c(F)cccc12. The Morgan fingerprint density at radius 3 is 2.69 bits per heavy atom. The highest BCUT2D eigenvalue weighted by Gasteiger charge is 2.19. The van der Waals surface area contributed by atoms with Crippen LogP contribution in [0.15, 0.2) is 59.5 Å². The molecular weight excluding hydrogens is 407 g/mol. The van der Waals surface area contributed by atoms with Crippen molar-refractivity contribution in [3.05, 3.63) is 88.0 Å². The van der Waals surface area contributed by atoms with Crippen LogP contribution < -0.4 is 11.3 Å². The molecule has 0 saturated carbocycles. The van der Waals surface area contributed by atoms with Crippen LogP contribution in [0.4, 0.5) is 10.1 Å². The summed E-state index contributed by atoms with van der Waals surface area (Å²) in [5, 5.41) is 13.0. The standard InChI is InChI=1S/C24H17FN6O/c1-27-22-15-4-3-5-20(25)14(15)8-9-17(22)23-19(12-28-31(23)2)13-6-7-16-18(10-13)21(11-26)29-30-24(16)32/h3-10,12H,11,26H2,2H3,(H,30,32). The van der Waals surface area contributed by atoms with Gasteiger partial charge in [0.25, 0.3) is 5.56 Å². The predicted molar refractivity (Wildman–Crippen MR) is 122 cm³/mol. The van der Waals surface area contributed by atoms with Gasteiger partial charge in [-0.05, 0) is 29.1 Å². The molecule has 2 heterocycles. The Kier molecular flexibility index (Phi) is 4.54. The van der Waals surface area contributed by atoms with Crippen LogP contribution in [0.2, 0.25) is 0 Å². The summed E-state index contributed by atoms with van der Waals surface area (Å²) in [6, 6.07) is 13.6. The van der Waals surface area contributed by atoms with E-state index in [0.717, 1.165) is 11.1 Å². The maximum absolute atomic E-state index is 14.3. The van der Waals surface area contributed by atoms with Gasteiger partial charge in [-0.25, -0.2) is 14.3 Å². The van der Waals surface area contributed by atoms with Gasteiger partial charge in [-0.3, -0.25) is 9.48 Å². The molecule has 8 heteroatoms. The van der Waals surface area contributed by atoms with Gasteiger partial charge in [0, 0.05) is 35.5 Å². The zero-order valence-electron chi connectivity index (χ0n) is 17.1. The minimum atomic E-state index is -0.370. The normalized spacial score (nSPS) is 11.2. The number of nitrogens with one attached hydrogen (secondary N) is 1. The van der Waals surface area contributed by atoms with Gasteiger partial charge in [0.15, 0.2) is 0 Å². The molecule has 0 amide bonds. The average molecular weight is 424 g/mol. The largest absolute Gasteiger partial charge is 0.325 e. The molecule has 5 aromatic rings. The van der Waals surface area contributed by atoms with E-state index in [1.165, 1.54) is 6.07 Å². The van der Waals surface area contributed by atoms with E-state index in [1.54, 1.807) is 48.3 Å². The van der Waals surface area contributed by atoms with Crippen LogP contribution in [-0.4, -0.2) is 20.0 Å². The molecule has 0 atom stereocenters. The quantitative estimate of drug-likeness (QED) is 0.423. The summed E-state index contributed by atoms with van der Waals surface area (Å²) in [7, 11) is 1.79. The smallest absolute Gasteiger partial charge is 0.272 e. The average Bonchev–Trinajstić information content (AvgIpc) is 3.19. The number of aromatic amines is 1. The lowest BCUT2D eigenvalue weighted by Gasteiger charge is -2.12. The topological polar surface area (TPSA) is 93.9 Å². The molecule has 0 bridgehead atoms. The van der Waals surface area contributed by atoms with Crippen molar-refractivity contribution in [2.24, 2.45) is 12.8 Å². The third-order valence-electron chi connectivity index (χ3n) is 5.66. The third-order valence-corrected chi connectivity index (χ3v) is 5.66. The van der Waals surface area contributed by atoms with E-state index in [1.807, 2.05) is 12.1 Å². The predicted octanol–water partition coefficient (Wildman–Crippen LogP) is 4.29. The van der Waals surface area contributed by atoms with Crippen molar-refractivity contribution >= 4 is 27.2 Å². The number of fused-ring (bicyclic) bond motifs is 2. The lowest BCUT2D eigenvalue weighted by Crippen LogP contribution is -2.13. The second kappa shape index (κ2) is 7.41. The molecule has 0 radical (unpaired) electrons. The van der Waals surface area contributed by atoms with Crippen molar-refractivity contribution in [1.29, 1.82) is 0 Å². The van der Waals surface area contributed by atoms with Gasteiger partial charge in [0.2, 0.25) is 5.69 Å². The van der Waals surface area contributed by atoms with Gasteiger partial charge in [-0.2, -0.15) is 10.2 Å². The van der Waals surface area contributed by atoms with Crippen molar-refractivity contribution < 1.29 is 4.39 Å². The van der Waals surface area contributed by atoms with Crippen LogP contribution in [0, 0.1) is 12.4 Å². The number of nitrogens with zero attached hydrogens (tertiary/aromatic N) is 4. The number of halogens is 1. The van der Waals surface area contributed by atoms with E-state index in [4.69, 9.17) is 12.3 Å². The maximum atomic E-state index is 14.3. The molecule has 7 nitrogen and oxygen atoms in total. The van der Waals surface area contributed by atoms with E-state index in [-0.39, 0.29) is 17.9 Å². The Balaban J connectivity index is 1.79. The fourth-order valence-electron chi connectivity index (χ4n) is 4.13. The van der Waals surface area contributed by atoms with E-state index in [2.05, 4.69) is 20.1 Å². The first kappa shape index (κ1) is 19.6. The first-order valence-electron chi connectivity index (χ1n) is 9.86. The number of benzene rings is 3. The summed E-state index contributed by atoms with van der Waals surface area (Å²) in [6.07, 6.45) is 1.71. The molecule has 156 valence electrons. The van der Waals surface area contributed by atoms with Crippen molar-refractivity contribution in [2.45, 2.75) is 6.54 Å². The molecule has 3 aromatic carbocycles. The van der Waals surface area contributed by atoms with Crippen molar-refractivity contribution in [2.75, 3.05) is 0 Å². The van der Waals surface area contributed by atoms with Gasteiger partial charge in [0.1, 0.15) is 5.82 Å². The highest BCUT2D eigenvalue weighted by atomic mass is 19.1. The van der Waals surface area contributed by atoms with Crippen LogP contribution in [0.5, 0.6) is 0 Å². The van der Waals surface area contributed by atoms with Crippen molar-refractivity contribution in [3.63, 3.8) is 0 Å². The number of nitrogens with two attached hydrogens (primary N) is 1. The van der Waals surface area contributed by atoms with E-state index in [9.17, 15) is 9.18 Å². The van der Waals surface area contributed by atoms with Gasteiger partial charge in [-0.15, -0.1) is 0 Å². The van der Waals surface area contributed by atoms with Gasteiger partial charge < -0.3 is 5.73 Å². The van der Waals surface area contributed by atoms with Gasteiger partial charge in [0.05, 0.1) is 29.5 Å². The van der Waals surface area contributed by atoms with Crippen LogP contribution in [0.1, 0.15) is 5.69 Å². The summed E-state index contributed by atoms with van der Waals surface area (Å²) in [6.45, 7) is 7.96. The van der Waals surface area contributed by atoms with Crippen LogP contribution in [0.3, 0.4) is 0 Å². The zero-order valence-corrected chi connectivity index (χ0v) is 17.1. The first-order valence-corrected chi connectivity index (χ1v) is 9.86. The molecule has 3 N–H and O–H groups in total. The van der Waals surface area contributed by atoms with E-state index in [0.29, 0.717) is 44.2 Å². The fraction of sp³-hybridized carbons (Fsp3) is 0.0833. The summed E-state index contributed by atoms with van der Waals surface area (Å²) in [5.74, 6) is -0.370. The molecule has 0 aliphatic rings. The Morgan fingerprint density at radius 2 is 1.91 bits per heavy atom. The summed E-state index contributed by atoms with van der Waals surface area (Å²) in [5.41, 5.74) is 9.41. The summed E-state index contributed by atoms with van der Waals surface area (Å²) >= 11 is 0. The van der Waals surface area contributed by atoms with Crippen molar-refractivity contribution in [3.8, 4) is 22.4 Å². The van der Waals surface area contributed by atoms with Gasteiger partial charge >= 0.3 is 0 Å². The zero-order chi connectivity index (χ0) is 22.4. The Morgan fingerprint density at radius 1 is 1.09 bits per heavy atom. The molecule has 0 spiro atoms. The third kappa shape index (κ3) is 2.87. The van der Waals surface area contributed by atoms with E-state index >= 15 is 0 Å². The lowest BCUT2D eigenvalue weighted by molar-refractivity contribution is 0.640. The lowest BCUT2D eigenvalue weighted by atomic mass is 9.95. The molecule has 2 aromatic heterocycles. The molecule has 5 rings (SSSR count). The molecular formula is C24H17FN6O. The van der Waals surface area contributed by atoms with Crippen molar-refractivity contribution in [1.82, 2.24) is 20.0 Å². The van der Waals surface area contributed by atoms with Crippen LogP contribution in [-0.2, 0) is 13.6 Å². The number of aryl methyl sites for hydroxylation is 1. The fourth-order valence-corrected chi connectivity index (χ4v) is 4.13. The van der Waals surface area contributed by atoms with Crippen LogP contribution in [0.25, 0.3) is 48.8 Å². The minimum Gasteiger partial charge on any atom is -0.325 e. The van der Waals surface area contributed by atoms with E-state index < -0.39 is 0 Å². The molecule has 0 aliphatic heterocycles. The van der Waals surface area contributed by atoms with Crippen LogP contribution >= 0.6 is 0 Å². The number of H-pyrrole nitrogens is 1. The first-order chi connectivity index (χ1) is 15.5. The maximum Gasteiger partial charge on any atom is 0.272 e. The summed E-state index contributed by atoms with van der Waals surface area (Å²) < 4.78 is 16.0. The number of hydrogen-bond acceptors (Lipinski definition) is 4. The monoisotopic (exact) mass is 424 g/mol. The molecule has 0 unspecified atom stereocenters.